The van der Waals surface area contributed by atoms with Gasteiger partial charge in [-0.2, -0.15) is 5.10 Å². The van der Waals surface area contributed by atoms with Crippen molar-refractivity contribution in [1.82, 2.24) is 10.2 Å². The van der Waals surface area contributed by atoms with E-state index in [0.29, 0.717) is 10.9 Å². The molecule has 2 atom stereocenters. The van der Waals surface area contributed by atoms with E-state index >= 15 is 0 Å². The lowest BCUT2D eigenvalue weighted by Gasteiger charge is -2.15. The summed E-state index contributed by atoms with van der Waals surface area (Å²) >= 11 is 3.14. The van der Waals surface area contributed by atoms with E-state index in [-0.39, 0.29) is 0 Å². The zero-order valence-electron chi connectivity index (χ0n) is 9.05. The lowest BCUT2D eigenvalue weighted by molar-refractivity contribution is 0.0343. The molecule has 3 N–H and O–H groups in total. The van der Waals surface area contributed by atoms with Crippen LogP contribution < -0.4 is 0 Å². The molecular formula is C12H13BrN2O2. The van der Waals surface area contributed by atoms with Crippen molar-refractivity contribution < 1.29 is 10.2 Å². The Morgan fingerprint density at radius 1 is 1.18 bits per heavy atom. The van der Waals surface area contributed by atoms with Gasteiger partial charge >= 0.3 is 0 Å². The third-order valence-corrected chi connectivity index (χ3v) is 3.25. The normalized spacial score (nSPS) is 14.5. The van der Waals surface area contributed by atoms with Gasteiger partial charge in [-0.25, -0.2) is 0 Å². The van der Waals surface area contributed by atoms with Crippen LogP contribution in [-0.2, 0) is 0 Å². The summed E-state index contributed by atoms with van der Waals surface area (Å²) in [4.78, 5) is 0. The summed E-state index contributed by atoms with van der Waals surface area (Å²) in [5.41, 5.74) is 2.61. The minimum absolute atomic E-state index is 0.344. The molecule has 0 fully saturated rings. The zero-order chi connectivity index (χ0) is 12.3. The quantitative estimate of drug-likeness (QED) is 0.755. The lowest BCUT2D eigenvalue weighted by Crippen LogP contribution is -2.19. The average Bonchev–Trinajstić information content (AvgIpc) is 2.91. The van der Waals surface area contributed by atoms with Crippen LogP contribution in [0.4, 0.5) is 0 Å². The molecule has 17 heavy (non-hydrogen) atoms. The first-order chi connectivity index (χ1) is 8.22. The minimum Gasteiger partial charge on any atom is -0.389 e. The number of halogens is 1. The van der Waals surface area contributed by atoms with Gasteiger partial charge in [0.25, 0.3) is 0 Å². The molecule has 0 radical (unpaired) electrons. The number of aliphatic hydroxyl groups is 2. The molecule has 0 amide bonds. The third kappa shape index (κ3) is 2.74. The first kappa shape index (κ1) is 12.3. The Labute approximate surface area is 107 Å². The second-order valence-corrected chi connectivity index (χ2v) is 4.41. The Morgan fingerprint density at radius 2 is 1.88 bits per heavy atom. The van der Waals surface area contributed by atoms with Crippen molar-refractivity contribution in [3.05, 3.63) is 42.1 Å². The Morgan fingerprint density at radius 3 is 2.41 bits per heavy atom. The van der Waals surface area contributed by atoms with Crippen LogP contribution in [0.1, 0.15) is 11.7 Å². The number of hydrogen-bond acceptors (Lipinski definition) is 3. The molecule has 0 saturated carbocycles. The van der Waals surface area contributed by atoms with E-state index in [2.05, 4.69) is 26.1 Å². The maximum absolute atomic E-state index is 9.81. The summed E-state index contributed by atoms with van der Waals surface area (Å²) in [5, 5.41) is 26.4. The van der Waals surface area contributed by atoms with Crippen molar-refractivity contribution in [2.24, 2.45) is 0 Å². The summed E-state index contributed by atoms with van der Waals surface area (Å²) in [7, 11) is 0. The van der Waals surface area contributed by atoms with Crippen LogP contribution in [0.15, 0.2) is 36.5 Å². The Balaban J connectivity index is 2.18. The van der Waals surface area contributed by atoms with Crippen LogP contribution >= 0.6 is 15.9 Å². The molecule has 1 aromatic carbocycles. The van der Waals surface area contributed by atoms with E-state index < -0.39 is 12.2 Å². The molecule has 4 nitrogen and oxygen atoms in total. The predicted molar refractivity (Wildman–Crippen MR) is 68.8 cm³/mol. The molecule has 0 saturated heterocycles. The van der Waals surface area contributed by atoms with E-state index in [0.717, 1.165) is 11.3 Å². The van der Waals surface area contributed by atoms with Crippen LogP contribution in [0.3, 0.4) is 0 Å². The topological polar surface area (TPSA) is 69.1 Å². The number of nitrogens with zero attached hydrogens (tertiary/aromatic N) is 1. The summed E-state index contributed by atoms with van der Waals surface area (Å²) in [6.07, 6.45) is 0.0188. The second-order valence-electron chi connectivity index (χ2n) is 3.76. The first-order valence-corrected chi connectivity index (χ1v) is 6.36. The number of benzene rings is 1. The van der Waals surface area contributed by atoms with Gasteiger partial charge in [-0.05, 0) is 17.2 Å². The first-order valence-electron chi connectivity index (χ1n) is 5.24. The molecule has 2 aromatic rings. The van der Waals surface area contributed by atoms with Crippen molar-refractivity contribution in [2.75, 3.05) is 5.33 Å². The number of aliphatic hydroxyl groups excluding tert-OH is 2. The molecule has 1 aromatic heterocycles. The van der Waals surface area contributed by atoms with Crippen LogP contribution in [0.25, 0.3) is 11.3 Å². The number of nitrogens with one attached hydrogen (secondary N) is 1. The number of aromatic amines is 1. The van der Waals surface area contributed by atoms with Gasteiger partial charge in [0.15, 0.2) is 0 Å². The number of hydrogen-bond donors (Lipinski definition) is 3. The summed E-state index contributed by atoms with van der Waals surface area (Å²) < 4.78 is 0. The van der Waals surface area contributed by atoms with Crippen molar-refractivity contribution in [2.45, 2.75) is 12.2 Å². The number of alkyl halides is 1. The predicted octanol–water partition coefficient (Wildman–Crippen LogP) is 1.87. The average molecular weight is 297 g/mol. The molecule has 5 heteroatoms. The van der Waals surface area contributed by atoms with Gasteiger partial charge in [-0.15, -0.1) is 0 Å². The molecule has 90 valence electrons. The Bertz CT molecular complexity index is 456. The fourth-order valence-corrected chi connectivity index (χ4v) is 1.94. The Kier molecular flexibility index (Phi) is 3.93. The second kappa shape index (κ2) is 5.44. The summed E-state index contributed by atoms with van der Waals surface area (Å²) in [6.45, 7) is 0. The van der Waals surface area contributed by atoms with Gasteiger partial charge in [-0.3, -0.25) is 5.10 Å². The van der Waals surface area contributed by atoms with Crippen molar-refractivity contribution >= 4 is 15.9 Å². The van der Waals surface area contributed by atoms with Gasteiger partial charge < -0.3 is 10.2 Å². The van der Waals surface area contributed by atoms with Crippen LogP contribution in [0, 0.1) is 0 Å². The van der Waals surface area contributed by atoms with E-state index in [4.69, 9.17) is 0 Å². The molecule has 2 unspecified atom stereocenters. The van der Waals surface area contributed by atoms with Gasteiger partial charge in [0.05, 0.1) is 11.8 Å². The number of rotatable bonds is 4. The van der Waals surface area contributed by atoms with Crippen LogP contribution in [-0.4, -0.2) is 31.8 Å². The van der Waals surface area contributed by atoms with E-state index in [1.807, 2.05) is 18.2 Å². The maximum atomic E-state index is 9.81. The number of H-pyrrole nitrogens is 1. The molecule has 0 bridgehead atoms. The molecule has 0 spiro atoms. The van der Waals surface area contributed by atoms with Crippen molar-refractivity contribution in [1.29, 1.82) is 0 Å². The minimum atomic E-state index is -0.870. The highest BCUT2D eigenvalue weighted by Gasteiger charge is 2.16. The van der Waals surface area contributed by atoms with Gasteiger partial charge in [0, 0.05) is 11.5 Å². The van der Waals surface area contributed by atoms with Gasteiger partial charge in [0.1, 0.15) is 6.10 Å². The van der Waals surface area contributed by atoms with Crippen LogP contribution in [0.5, 0.6) is 0 Å². The third-order valence-electron chi connectivity index (χ3n) is 2.59. The largest absolute Gasteiger partial charge is 0.389 e. The van der Waals surface area contributed by atoms with Crippen molar-refractivity contribution in [3.8, 4) is 11.3 Å². The highest BCUT2D eigenvalue weighted by atomic mass is 79.9. The van der Waals surface area contributed by atoms with Gasteiger partial charge in [0.2, 0.25) is 0 Å². The highest BCUT2D eigenvalue weighted by Crippen LogP contribution is 2.22. The Hall–Kier alpha value is -1.17. The number of aromatic nitrogens is 2. The molecule has 0 aliphatic rings. The fourth-order valence-electron chi connectivity index (χ4n) is 1.58. The van der Waals surface area contributed by atoms with Gasteiger partial charge in [-0.1, -0.05) is 40.2 Å². The highest BCUT2D eigenvalue weighted by molar-refractivity contribution is 9.09. The SMILES string of the molecule is OC(CBr)C(O)c1ccc(-c2ccn[nH]2)cc1. The van der Waals surface area contributed by atoms with E-state index in [1.165, 1.54) is 0 Å². The molecular weight excluding hydrogens is 284 g/mol. The fraction of sp³-hybridized carbons (Fsp3) is 0.250. The standard InChI is InChI=1S/C12H13BrN2O2/c13-7-11(16)12(17)9-3-1-8(2-4-9)10-5-6-14-15-10/h1-6,11-12,16-17H,7H2,(H,14,15). The smallest absolute Gasteiger partial charge is 0.106 e. The lowest BCUT2D eigenvalue weighted by atomic mass is 10.0. The zero-order valence-corrected chi connectivity index (χ0v) is 10.6. The molecule has 1 heterocycles. The van der Waals surface area contributed by atoms with E-state index in [9.17, 15) is 10.2 Å². The maximum Gasteiger partial charge on any atom is 0.106 e. The summed E-state index contributed by atoms with van der Waals surface area (Å²) in [6, 6.07) is 9.23. The summed E-state index contributed by atoms with van der Waals surface area (Å²) in [5.74, 6) is 0. The van der Waals surface area contributed by atoms with Crippen LogP contribution in [0.2, 0.25) is 0 Å². The van der Waals surface area contributed by atoms with Crippen molar-refractivity contribution in [3.63, 3.8) is 0 Å². The van der Waals surface area contributed by atoms with E-state index in [1.54, 1.807) is 18.3 Å². The molecule has 0 aliphatic heterocycles. The molecule has 0 aliphatic carbocycles. The molecule has 2 rings (SSSR count). The monoisotopic (exact) mass is 296 g/mol.